The van der Waals surface area contributed by atoms with E-state index in [-0.39, 0.29) is 6.10 Å². The van der Waals surface area contributed by atoms with Gasteiger partial charge in [0.25, 0.3) is 0 Å². The molecule has 2 aliphatic carbocycles. The van der Waals surface area contributed by atoms with Crippen LogP contribution in [0, 0.1) is 0 Å². The first-order chi connectivity index (χ1) is 7.53. The van der Waals surface area contributed by atoms with Gasteiger partial charge in [-0.3, -0.25) is 0 Å². The van der Waals surface area contributed by atoms with Crippen molar-refractivity contribution in [2.45, 2.75) is 56.2 Å². The Hall–Kier alpha value is -0.120. The highest BCUT2D eigenvalue weighted by Gasteiger charge is 2.41. The molecular weight excluding hydrogens is 200 g/mol. The van der Waals surface area contributed by atoms with Crippen molar-refractivity contribution in [1.82, 2.24) is 9.80 Å². The van der Waals surface area contributed by atoms with E-state index in [0.717, 1.165) is 19.4 Å². The summed E-state index contributed by atoms with van der Waals surface area (Å²) in [6.45, 7) is 1.16. The standard InChI is InChI=1S/C13H26N2O/c1-14(2)13(7-4-8-13)10-15(3)11-5-6-12(16)9-11/h11-12,16H,4-10H2,1-3H3. The van der Waals surface area contributed by atoms with Gasteiger partial charge in [0.05, 0.1) is 6.10 Å². The molecule has 0 saturated heterocycles. The fraction of sp³-hybridized carbons (Fsp3) is 1.00. The van der Waals surface area contributed by atoms with Gasteiger partial charge in [0.1, 0.15) is 0 Å². The van der Waals surface area contributed by atoms with E-state index in [9.17, 15) is 5.11 Å². The lowest BCUT2D eigenvalue weighted by Gasteiger charge is -2.50. The average molecular weight is 226 g/mol. The highest BCUT2D eigenvalue weighted by Crippen LogP contribution is 2.37. The Morgan fingerprint density at radius 3 is 2.25 bits per heavy atom. The Morgan fingerprint density at radius 2 is 1.88 bits per heavy atom. The molecule has 0 radical (unpaired) electrons. The SMILES string of the molecule is CN(CC1(N(C)C)CCC1)C1CCC(O)C1. The first kappa shape index (κ1) is 12.3. The van der Waals surface area contributed by atoms with Crippen LogP contribution < -0.4 is 0 Å². The van der Waals surface area contributed by atoms with Crippen LogP contribution in [0.1, 0.15) is 38.5 Å². The third kappa shape index (κ3) is 2.27. The van der Waals surface area contributed by atoms with Crippen molar-refractivity contribution in [3.63, 3.8) is 0 Å². The average Bonchev–Trinajstić information content (AvgIpc) is 2.57. The Bertz CT molecular complexity index is 238. The molecule has 0 aromatic rings. The van der Waals surface area contributed by atoms with E-state index in [1.807, 2.05) is 0 Å². The van der Waals surface area contributed by atoms with E-state index < -0.39 is 0 Å². The normalized spacial score (nSPS) is 33.4. The molecule has 0 spiro atoms. The maximum Gasteiger partial charge on any atom is 0.0555 e. The highest BCUT2D eigenvalue weighted by atomic mass is 16.3. The second-order valence-electron chi connectivity index (χ2n) is 6.01. The number of hydrogen-bond acceptors (Lipinski definition) is 3. The zero-order valence-corrected chi connectivity index (χ0v) is 10.9. The van der Waals surface area contributed by atoms with Gasteiger partial charge in [-0.2, -0.15) is 0 Å². The Morgan fingerprint density at radius 1 is 1.19 bits per heavy atom. The molecule has 2 saturated carbocycles. The Balaban J connectivity index is 1.88. The lowest BCUT2D eigenvalue weighted by molar-refractivity contribution is 0.0152. The van der Waals surface area contributed by atoms with Gasteiger partial charge in [-0.05, 0) is 59.7 Å². The molecule has 2 rings (SSSR count). The van der Waals surface area contributed by atoms with Gasteiger partial charge in [-0.25, -0.2) is 0 Å². The molecule has 0 bridgehead atoms. The number of likely N-dealkylation sites (N-methyl/N-ethyl adjacent to an activating group) is 2. The van der Waals surface area contributed by atoms with Gasteiger partial charge in [-0.15, -0.1) is 0 Å². The van der Waals surface area contributed by atoms with Gasteiger partial charge >= 0.3 is 0 Å². The van der Waals surface area contributed by atoms with Gasteiger partial charge < -0.3 is 14.9 Å². The van der Waals surface area contributed by atoms with Crippen molar-refractivity contribution in [1.29, 1.82) is 0 Å². The minimum atomic E-state index is -0.0517. The topological polar surface area (TPSA) is 26.7 Å². The minimum absolute atomic E-state index is 0.0517. The van der Waals surface area contributed by atoms with Crippen LogP contribution in [-0.2, 0) is 0 Å². The van der Waals surface area contributed by atoms with E-state index in [1.165, 1.54) is 25.7 Å². The molecule has 0 aliphatic heterocycles. The summed E-state index contributed by atoms with van der Waals surface area (Å²) in [7, 11) is 6.64. The van der Waals surface area contributed by atoms with Crippen molar-refractivity contribution in [2.24, 2.45) is 0 Å². The smallest absolute Gasteiger partial charge is 0.0555 e. The molecule has 2 aliphatic rings. The molecular formula is C13H26N2O. The molecule has 1 N–H and O–H groups in total. The summed E-state index contributed by atoms with van der Waals surface area (Å²) in [4.78, 5) is 4.88. The third-order valence-corrected chi connectivity index (χ3v) is 4.78. The molecule has 16 heavy (non-hydrogen) atoms. The number of aliphatic hydroxyl groups is 1. The van der Waals surface area contributed by atoms with Crippen molar-refractivity contribution >= 4 is 0 Å². The van der Waals surface area contributed by atoms with Crippen LogP contribution in [0.3, 0.4) is 0 Å². The number of nitrogens with zero attached hydrogens (tertiary/aromatic N) is 2. The fourth-order valence-corrected chi connectivity index (χ4v) is 3.26. The van der Waals surface area contributed by atoms with Crippen LogP contribution in [0.15, 0.2) is 0 Å². The Labute approximate surface area is 99.4 Å². The summed E-state index contributed by atoms with van der Waals surface area (Å²) < 4.78 is 0. The minimum Gasteiger partial charge on any atom is -0.393 e. The summed E-state index contributed by atoms with van der Waals surface area (Å²) in [6.07, 6.45) is 7.12. The summed E-state index contributed by atoms with van der Waals surface area (Å²) >= 11 is 0. The summed E-state index contributed by atoms with van der Waals surface area (Å²) in [5.41, 5.74) is 0.419. The second kappa shape index (κ2) is 4.63. The number of rotatable bonds is 4. The van der Waals surface area contributed by atoms with E-state index in [2.05, 4.69) is 30.9 Å². The molecule has 0 amide bonds. The number of aliphatic hydroxyl groups excluding tert-OH is 1. The lowest BCUT2D eigenvalue weighted by atomic mass is 9.75. The monoisotopic (exact) mass is 226 g/mol. The Kier molecular flexibility index (Phi) is 3.57. The lowest BCUT2D eigenvalue weighted by Crippen LogP contribution is -2.57. The zero-order chi connectivity index (χ0) is 11.8. The predicted molar refractivity (Wildman–Crippen MR) is 66.5 cm³/mol. The summed E-state index contributed by atoms with van der Waals surface area (Å²) in [5, 5.41) is 9.59. The molecule has 0 aromatic carbocycles. The van der Waals surface area contributed by atoms with Crippen LogP contribution in [0.5, 0.6) is 0 Å². The molecule has 0 heterocycles. The molecule has 94 valence electrons. The van der Waals surface area contributed by atoms with E-state index >= 15 is 0 Å². The molecule has 3 nitrogen and oxygen atoms in total. The summed E-state index contributed by atoms with van der Waals surface area (Å²) in [6, 6.07) is 0.604. The molecule has 0 aromatic heterocycles. The molecule has 2 fully saturated rings. The van der Waals surface area contributed by atoms with Crippen molar-refractivity contribution in [2.75, 3.05) is 27.7 Å². The molecule has 2 atom stereocenters. The summed E-state index contributed by atoms with van der Waals surface area (Å²) in [5.74, 6) is 0. The predicted octanol–water partition coefficient (Wildman–Crippen LogP) is 1.32. The van der Waals surface area contributed by atoms with Gasteiger partial charge in [-0.1, -0.05) is 0 Å². The quantitative estimate of drug-likeness (QED) is 0.783. The number of hydrogen-bond donors (Lipinski definition) is 1. The van der Waals surface area contributed by atoms with Crippen LogP contribution in [0.4, 0.5) is 0 Å². The zero-order valence-electron chi connectivity index (χ0n) is 10.9. The fourth-order valence-electron chi connectivity index (χ4n) is 3.26. The van der Waals surface area contributed by atoms with Crippen LogP contribution >= 0.6 is 0 Å². The van der Waals surface area contributed by atoms with Crippen LogP contribution in [-0.4, -0.2) is 60.3 Å². The first-order valence-corrected chi connectivity index (χ1v) is 6.59. The first-order valence-electron chi connectivity index (χ1n) is 6.59. The van der Waals surface area contributed by atoms with Crippen molar-refractivity contribution < 1.29 is 5.11 Å². The van der Waals surface area contributed by atoms with Crippen molar-refractivity contribution in [3.05, 3.63) is 0 Å². The van der Waals surface area contributed by atoms with E-state index in [4.69, 9.17) is 0 Å². The van der Waals surface area contributed by atoms with E-state index in [0.29, 0.717) is 11.6 Å². The largest absolute Gasteiger partial charge is 0.393 e. The second-order valence-corrected chi connectivity index (χ2v) is 6.01. The maximum atomic E-state index is 9.59. The van der Waals surface area contributed by atoms with Crippen molar-refractivity contribution in [3.8, 4) is 0 Å². The van der Waals surface area contributed by atoms with E-state index in [1.54, 1.807) is 0 Å². The highest BCUT2D eigenvalue weighted by molar-refractivity contribution is 4.99. The maximum absolute atomic E-state index is 9.59. The molecule has 2 unspecified atom stereocenters. The van der Waals surface area contributed by atoms with Crippen LogP contribution in [0.2, 0.25) is 0 Å². The van der Waals surface area contributed by atoms with Gasteiger partial charge in [0.15, 0.2) is 0 Å². The van der Waals surface area contributed by atoms with Crippen LogP contribution in [0.25, 0.3) is 0 Å². The third-order valence-electron chi connectivity index (χ3n) is 4.78. The molecule has 3 heteroatoms. The van der Waals surface area contributed by atoms with Gasteiger partial charge in [0.2, 0.25) is 0 Å². The van der Waals surface area contributed by atoms with Gasteiger partial charge in [0, 0.05) is 18.1 Å².